The molecule has 654 valence electrons. The number of likely N-dealkylation sites (tertiary alicyclic amines) is 2. The van der Waals surface area contributed by atoms with Crippen molar-refractivity contribution in [3.05, 3.63) is 113 Å². The number of benzene rings is 2. The van der Waals surface area contributed by atoms with E-state index >= 15 is 4.79 Å². The van der Waals surface area contributed by atoms with Crippen molar-refractivity contribution in [2.75, 3.05) is 204 Å². The highest BCUT2D eigenvalue weighted by Crippen LogP contribution is 2.34. The molecule has 4 aromatic carbocycles. The van der Waals surface area contributed by atoms with E-state index in [0.29, 0.717) is 59.0 Å². The fourth-order valence-corrected chi connectivity index (χ4v) is 15.2. The van der Waals surface area contributed by atoms with E-state index < -0.39 is 183 Å². The predicted octanol–water partition coefficient (Wildman–Crippen LogP) is -0.253. The number of carbonyl (C=O) groups excluding carboxylic acids is 5. The van der Waals surface area contributed by atoms with Crippen LogP contribution in [0.15, 0.2) is 80.1 Å². The molecule has 0 radical (unpaired) electrons. The molecule has 1 unspecified atom stereocenters. The largest absolute Gasteiger partial charge is 0.494 e. The average molecular weight is 1710 g/mol. The van der Waals surface area contributed by atoms with Gasteiger partial charge in [0.1, 0.15) is 52.4 Å². The number of carbonyl (C=O) groups is 10. The van der Waals surface area contributed by atoms with Crippen molar-refractivity contribution in [3.8, 4) is 23.6 Å². The lowest BCUT2D eigenvalue weighted by Gasteiger charge is -2.37. The van der Waals surface area contributed by atoms with Gasteiger partial charge in [-0.05, 0) is 80.6 Å². The van der Waals surface area contributed by atoms with Crippen LogP contribution in [0.4, 0.5) is 40.3 Å². The van der Waals surface area contributed by atoms with Crippen LogP contribution in [0.1, 0.15) is 72.1 Å². The fraction of sp³-hybridized carbons (Fsp3) is 0.519. The molecule has 39 nitrogen and oxygen atoms in total. The minimum atomic E-state index is -3.26. The number of nitrogens with one attached hydrogen (secondary N) is 4. The number of anilines is 4. The number of fused-ring (bicyclic) bond motifs is 2. The number of amides is 5. The van der Waals surface area contributed by atoms with E-state index in [4.69, 9.17) is 9.47 Å². The van der Waals surface area contributed by atoms with E-state index in [0.717, 1.165) is 9.80 Å². The van der Waals surface area contributed by atoms with Gasteiger partial charge in [0.05, 0.1) is 99.9 Å². The quantitative estimate of drug-likeness (QED) is 0.0141. The van der Waals surface area contributed by atoms with Crippen LogP contribution in [0.2, 0.25) is 0 Å². The van der Waals surface area contributed by atoms with E-state index in [9.17, 15) is 116 Å². The minimum absolute atomic E-state index is 0.0271. The molecule has 4 saturated heterocycles. The molecule has 0 aliphatic carbocycles. The van der Waals surface area contributed by atoms with Gasteiger partial charge >= 0.3 is 29.8 Å². The van der Waals surface area contributed by atoms with Gasteiger partial charge in [-0.25, -0.2) is 17.6 Å². The maximum absolute atomic E-state index is 15.1. The normalized spacial score (nSPS) is 18.5. The molecule has 10 rings (SSSR count). The van der Waals surface area contributed by atoms with Gasteiger partial charge in [0.15, 0.2) is 0 Å². The third-order valence-corrected chi connectivity index (χ3v) is 21.5. The third kappa shape index (κ3) is 24.6. The lowest BCUT2D eigenvalue weighted by atomic mass is 10.1. The molecule has 0 saturated carbocycles. The third-order valence-electron chi connectivity index (χ3n) is 21.5. The molecule has 3 atom stereocenters. The van der Waals surface area contributed by atoms with Crippen LogP contribution in [-0.2, 0) is 38.4 Å². The monoisotopic (exact) mass is 1710 g/mol. The van der Waals surface area contributed by atoms with Gasteiger partial charge in [0.25, 0.3) is 45.4 Å². The van der Waals surface area contributed by atoms with Gasteiger partial charge in [-0.2, -0.15) is 10.5 Å². The zero-order valence-electron chi connectivity index (χ0n) is 66.5. The second-order valence-electron chi connectivity index (χ2n) is 30.1. The Hall–Kier alpha value is -12.6. The molecule has 122 heavy (non-hydrogen) atoms. The standard InChI is InChI=1S/C79H94F4N18O21/c80-78(81)37-49(39-84)100(47-78)61(103)41-90-75(117)53-11-15-86-57-7-5-51(35-55(53)57)121-33-3-1-13-88-67-69(73(115)71(67)113)98-27-23-95(46-66(111)112)24-28-99(32-30-97(29-31-98)60(102)10-9-59(77(119)120)96-25-21-93(44-64(107)108)19-17-92(43-63(105)106)18-20-94(22-26-96)45-65(109)110)70-68(72(114)74(70)116)89-14-2-4-34-122-52-6-8-58-56(36-52)54(12-16-87-58)76(118)91-42-62(104)101-48-79(82,83)38-50(101)40-85/h5-8,11-12,15-16,35-36,49-50,59,88-89H,1-4,9-10,13-14,17-34,37-38,41-48H2,(H,90,117)(H,91,118)(H,105,106)(H,107,108)(H,109,110)(H,111,112)(H,119,120)/t49-,50-,59?/m0/s1. The molecule has 5 amide bonds. The van der Waals surface area contributed by atoms with Gasteiger partial charge in [0.2, 0.25) is 17.7 Å². The zero-order valence-corrected chi connectivity index (χ0v) is 66.5. The minimum Gasteiger partial charge on any atom is -0.494 e. The van der Waals surface area contributed by atoms with Gasteiger partial charge in [-0.3, -0.25) is 102 Å². The summed E-state index contributed by atoms with van der Waals surface area (Å²) in [4.78, 5) is 207. The Morgan fingerprint density at radius 2 is 0.852 bits per heavy atom. The maximum Gasteiger partial charge on any atom is 0.320 e. The lowest BCUT2D eigenvalue weighted by Crippen LogP contribution is -2.53. The van der Waals surface area contributed by atoms with Crippen LogP contribution in [0.25, 0.3) is 21.8 Å². The summed E-state index contributed by atoms with van der Waals surface area (Å²) in [5.41, 5.74) is -2.94. The molecular formula is C79H94F4N18O21. The molecule has 6 aromatic rings. The van der Waals surface area contributed by atoms with Crippen molar-refractivity contribution in [2.24, 2.45) is 0 Å². The summed E-state index contributed by atoms with van der Waals surface area (Å²) in [5.74, 6) is -16.0. The molecule has 0 spiro atoms. The smallest absolute Gasteiger partial charge is 0.320 e. The number of rotatable bonds is 35. The first-order valence-electron chi connectivity index (χ1n) is 39.6. The van der Waals surface area contributed by atoms with E-state index in [1.165, 1.54) is 63.7 Å². The number of aliphatic carboxylic acids is 5. The number of halogens is 4. The Morgan fingerprint density at radius 1 is 0.484 bits per heavy atom. The highest BCUT2D eigenvalue weighted by molar-refractivity contribution is 6.08. The molecule has 4 aliphatic rings. The van der Waals surface area contributed by atoms with Crippen LogP contribution in [0.5, 0.6) is 11.5 Å². The Balaban J connectivity index is 0.824. The number of unbranched alkanes of at least 4 members (excludes halogenated alkanes) is 2. The van der Waals surface area contributed by atoms with E-state index in [2.05, 4.69) is 31.2 Å². The van der Waals surface area contributed by atoms with Crippen molar-refractivity contribution in [3.63, 3.8) is 0 Å². The molecule has 6 heterocycles. The van der Waals surface area contributed by atoms with Crippen molar-refractivity contribution < 1.29 is 101 Å². The maximum atomic E-state index is 15.1. The molecule has 2 aromatic heterocycles. The molecule has 43 heteroatoms. The Kier molecular flexibility index (Phi) is 31.6. The molecule has 4 fully saturated rings. The number of carboxylic acids is 5. The first kappa shape index (κ1) is 91.7. The van der Waals surface area contributed by atoms with Gasteiger partial charge in [-0.15, -0.1) is 0 Å². The summed E-state index contributed by atoms with van der Waals surface area (Å²) < 4.78 is 68.4. The number of nitriles is 2. The number of alkyl halides is 4. The van der Waals surface area contributed by atoms with Crippen molar-refractivity contribution in [1.29, 1.82) is 10.5 Å². The molecule has 0 bridgehead atoms. The summed E-state index contributed by atoms with van der Waals surface area (Å²) in [5, 5.41) is 81.0. The van der Waals surface area contributed by atoms with Crippen LogP contribution >= 0.6 is 0 Å². The van der Waals surface area contributed by atoms with Crippen LogP contribution in [-0.4, -0.2) is 347 Å². The van der Waals surface area contributed by atoms with Crippen molar-refractivity contribution in [1.82, 2.24) is 59.8 Å². The Labute approximate surface area is 693 Å². The van der Waals surface area contributed by atoms with E-state index in [1.54, 1.807) is 48.5 Å². The van der Waals surface area contributed by atoms with Crippen molar-refractivity contribution >= 4 is 104 Å². The molecule has 9 N–H and O–H groups in total. The first-order chi connectivity index (χ1) is 58.2. The van der Waals surface area contributed by atoms with Crippen LogP contribution < -0.4 is 62.3 Å². The number of hydrogen-bond donors (Lipinski definition) is 9. The lowest BCUT2D eigenvalue weighted by molar-refractivity contribution is -0.145. The second-order valence-corrected chi connectivity index (χ2v) is 30.1. The predicted molar refractivity (Wildman–Crippen MR) is 428 cm³/mol. The van der Waals surface area contributed by atoms with Crippen molar-refractivity contribution in [2.45, 2.75) is 81.3 Å². The summed E-state index contributed by atoms with van der Waals surface area (Å²) >= 11 is 0. The fourth-order valence-electron chi connectivity index (χ4n) is 15.2. The topological polar surface area (TPSA) is 512 Å². The second kappa shape index (κ2) is 42.1. The Bertz CT molecular complexity index is 4820. The average Bonchev–Trinajstić information content (AvgIpc) is 0.771. The number of pyridine rings is 2. The Morgan fingerprint density at radius 3 is 1.22 bits per heavy atom. The number of aromatic nitrogens is 2. The zero-order chi connectivity index (χ0) is 88.1. The summed E-state index contributed by atoms with van der Waals surface area (Å²) in [6, 6.07) is 11.5. The van der Waals surface area contributed by atoms with Crippen LogP contribution in [0, 0.1) is 22.7 Å². The number of hydrogen-bond acceptors (Lipinski definition) is 29. The highest BCUT2D eigenvalue weighted by atomic mass is 19.3. The molecule has 4 aliphatic heterocycles. The van der Waals surface area contributed by atoms with Gasteiger partial charge in [-0.1, -0.05) is 0 Å². The van der Waals surface area contributed by atoms with Crippen LogP contribution in [0.3, 0.4) is 0 Å². The van der Waals surface area contributed by atoms with Gasteiger partial charge in [0, 0.05) is 160 Å². The number of ether oxygens (including phenoxy) is 2. The summed E-state index contributed by atoms with van der Waals surface area (Å²) in [7, 11) is 0. The number of nitrogens with zero attached hydrogens (tertiary/aromatic N) is 14. The summed E-state index contributed by atoms with van der Waals surface area (Å²) in [6.45, 7) is -6.37. The number of carboxylic acid groups (broad SMARTS) is 5. The van der Waals surface area contributed by atoms with Gasteiger partial charge < -0.3 is 80.8 Å². The first-order valence-corrected chi connectivity index (χ1v) is 39.6. The molecular weight excluding hydrogens is 1610 g/mol. The summed E-state index contributed by atoms with van der Waals surface area (Å²) in [6.07, 6.45) is 1.61. The van der Waals surface area contributed by atoms with E-state index in [1.807, 2.05) is 0 Å². The highest BCUT2D eigenvalue weighted by Gasteiger charge is 2.49. The SMILES string of the molecule is N#C[C@@H]1CC(F)(F)CN1C(=O)CNC(=O)c1ccnc2ccc(OCCCCNc3c(N4CCN(CC(=O)O)CCN(c5c(NCCCCOc6ccc7nccc(C(=O)NCC(=O)N8CC(F)(F)C[C@H]8C#N)c7c6)c(=O)c5=O)CCN(C(=O)CCC(C(=O)O)N5CCN(CC(=O)O)CCN(CC(=O)O)CCN(CC(=O)O)CC5)CC4)c(=O)c3=O)cc12. The van der Waals surface area contributed by atoms with E-state index in [-0.39, 0.29) is 171 Å².